The van der Waals surface area contributed by atoms with E-state index in [0.717, 1.165) is 16.8 Å². The Morgan fingerprint density at radius 1 is 1.23 bits per heavy atom. The molecule has 6 heteroatoms. The Kier molecular flexibility index (Phi) is 5.81. The number of ether oxygens (including phenoxy) is 1. The highest BCUT2D eigenvalue weighted by atomic mass is 28.3. The first-order valence-corrected chi connectivity index (χ1v) is 12.5. The summed E-state index contributed by atoms with van der Waals surface area (Å²) >= 11 is 0. The smallest absolute Gasteiger partial charge is 0.260 e. The SMILES string of the molecule is C[Si](C)OCc1cc(C(C)(C)C)cn(C2=CC(C)(C)Oc3ccc(C#N)cc32)c1=O. The minimum atomic E-state index is -0.928. The van der Waals surface area contributed by atoms with Gasteiger partial charge in [-0.25, -0.2) is 0 Å². The van der Waals surface area contributed by atoms with Crippen molar-refractivity contribution in [3.8, 4) is 11.8 Å². The second kappa shape index (κ2) is 7.90. The van der Waals surface area contributed by atoms with Crippen LogP contribution in [0.2, 0.25) is 13.1 Å². The average molecular weight is 422 g/mol. The lowest BCUT2D eigenvalue weighted by Crippen LogP contribution is -2.34. The van der Waals surface area contributed by atoms with Crippen molar-refractivity contribution in [3.63, 3.8) is 0 Å². The monoisotopic (exact) mass is 421 g/mol. The second-order valence-corrected chi connectivity index (χ2v) is 11.5. The molecular weight excluding hydrogens is 392 g/mol. The number of pyridine rings is 1. The summed E-state index contributed by atoms with van der Waals surface area (Å²) in [6, 6.07) is 9.45. The first-order chi connectivity index (χ1) is 13.9. The van der Waals surface area contributed by atoms with Crippen LogP contribution in [0.5, 0.6) is 5.75 Å². The topological polar surface area (TPSA) is 64.2 Å². The van der Waals surface area contributed by atoms with E-state index in [1.807, 2.05) is 32.2 Å². The maximum atomic E-state index is 13.5. The average Bonchev–Trinajstić information content (AvgIpc) is 2.64. The van der Waals surface area contributed by atoms with Gasteiger partial charge in [0.05, 0.1) is 23.9 Å². The van der Waals surface area contributed by atoms with Crippen LogP contribution in [0.1, 0.15) is 56.9 Å². The number of nitriles is 1. The first-order valence-electron chi connectivity index (χ1n) is 10.1. The van der Waals surface area contributed by atoms with Gasteiger partial charge >= 0.3 is 0 Å². The summed E-state index contributed by atoms with van der Waals surface area (Å²) in [5, 5.41) is 9.38. The molecule has 2 heterocycles. The molecule has 3 rings (SSSR count). The van der Waals surface area contributed by atoms with Crippen molar-refractivity contribution in [2.24, 2.45) is 0 Å². The Bertz CT molecular complexity index is 1100. The molecule has 0 saturated carbocycles. The van der Waals surface area contributed by atoms with Crippen LogP contribution < -0.4 is 10.3 Å². The van der Waals surface area contributed by atoms with E-state index in [-0.39, 0.29) is 11.0 Å². The molecule has 0 N–H and O–H groups in total. The van der Waals surface area contributed by atoms with Crippen LogP contribution in [0.3, 0.4) is 0 Å². The van der Waals surface area contributed by atoms with Crippen molar-refractivity contribution in [3.05, 3.63) is 69.1 Å². The largest absolute Gasteiger partial charge is 0.483 e. The maximum absolute atomic E-state index is 13.5. The van der Waals surface area contributed by atoms with E-state index >= 15 is 0 Å². The predicted molar refractivity (Wildman–Crippen MR) is 121 cm³/mol. The zero-order valence-electron chi connectivity index (χ0n) is 18.8. The number of rotatable bonds is 4. The highest BCUT2D eigenvalue weighted by Crippen LogP contribution is 2.37. The summed E-state index contributed by atoms with van der Waals surface area (Å²) in [4.78, 5) is 13.5. The molecule has 0 saturated heterocycles. The van der Waals surface area contributed by atoms with Crippen molar-refractivity contribution >= 4 is 14.7 Å². The fourth-order valence-corrected chi connectivity index (χ4v) is 3.81. The molecule has 30 heavy (non-hydrogen) atoms. The van der Waals surface area contributed by atoms with Crippen LogP contribution in [0, 0.1) is 11.3 Å². The van der Waals surface area contributed by atoms with E-state index in [9.17, 15) is 10.1 Å². The fraction of sp³-hybridized carbons (Fsp3) is 0.417. The quantitative estimate of drug-likeness (QED) is 0.662. The molecule has 2 aromatic rings. The summed E-state index contributed by atoms with van der Waals surface area (Å²) in [5.41, 5.74) is 2.83. The van der Waals surface area contributed by atoms with Crippen molar-refractivity contribution < 1.29 is 9.16 Å². The van der Waals surface area contributed by atoms with E-state index in [4.69, 9.17) is 9.16 Å². The van der Waals surface area contributed by atoms with Gasteiger partial charge in [0.15, 0.2) is 0 Å². The molecule has 0 aliphatic carbocycles. The van der Waals surface area contributed by atoms with Gasteiger partial charge < -0.3 is 9.16 Å². The van der Waals surface area contributed by atoms with Crippen LogP contribution in [0.15, 0.2) is 41.3 Å². The molecule has 0 atom stereocenters. The van der Waals surface area contributed by atoms with E-state index < -0.39 is 14.6 Å². The standard InChI is InChI=1S/C24H29N2O3Si/c1-23(2,3)18-11-17(15-28-30(6)7)22(27)26(14-18)20-12-24(4,5)29-21-9-8-16(13-25)10-19(20)21/h8-12,14H,15H2,1-7H3. The Hall–Kier alpha value is -2.62. The highest BCUT2D eigenvalue weighted by molar-refractivity contribution is 6.48. The maximum Gasteiger partial charge on any atom is 0.260 e. The van der Waals surface area contributed by atoms with Gasteiger partial charge in [-0.3, -0.25) is 9.36 Å². The van der Waals surface area contributed by atoms with Crippen LogP contribution in [0.25, 0.3) is 5.70 Å². The van der Waals surface area contributed by atoms with E-state index in [1.54, 1.807) is 22.8 Å². The Balaban J connectivity index is 2.28. The molecule has 1 aliphatic rings. The van der Waals surface area contributed by atoms with Crippen molar-refractivity contribution in [1.82, 2.24) is 4.57 Å². The summed E-state index contributed by atoms with van der Waals surface area (Å²) in [7, 11) is -0.928. The normalized spacial score (nSPS) is 15.2. The fourth-order valence-electron chi connectivity index (χ4n) is 3.36. The van der Waals surface area contributed by atoms with Crippen LogP contribution in [-0.4, -0.2) is 19.2 Å². The van der Waals surface area contributed by atoms with E-state index in [1.165, 1.54) is 0 Å². The Labute approximate surface area is 180 Å². The zero-order chi connectivity index (χ0) is 22.3. The Morgan fingerprint density at radius 2 is 1.93 bits per heavy atom. The minimum absolute atomic E-state index is 0.108. The van der Waals surface area contributed by atoms with E-state index in [2.05, 4.69) is 39.9 Å². The molecule has 0 spiro atoms. The number of benzene rings is 1. The zero-order valence-corrected chi connectivity index (χ0v) is 19.8. The number of hydrogen-bond acceptors (Lipinski definition) is 4. The molecule has 0 fully saturated rings. The number of hydrogen-bond donors (Lipinski definition) is 0. The van der Waals surface area contributed by atoms with Gasteiger partial charge in [-0.05, 0) is 68.3 Å². The lowest BCUT2D eigenvalue weighted by molar-refractivity contribution is 0.157. The third-order valence-corrected chi connectivity index (χ3v) is 5.70. The van der Waals surface area contributed by atoms with Crippen molar-refractivity contribution in [1.29, 1.82) is 5.26 Å². The lowest BCUT2D eigenvalue weighted by atomic mass is 9.87. The Morgan fingerprint density at radius 3 is 2.53 bits per heavy atom. The third-order valence-electron chi connectivity index (χ3n) is 4.98. The summed E-state index contributed by atoms with van der Waals surface area (Å²) < 4.78 is 13.7. The molecule has 1 radical (unpaired) electrons. The van der Waals surface area contributed by atoms with Crippen LogP contribution >= 0.6 is 0 Å². The van der Waals surface area contributed by atoms with Gasteiger partial charge in [-0.2, -0.15) is 5.26 Å². The molecule has 0 bridgehead atoms. The van der Waals surface area contributed by atoms with Gasteiger partial charge in [0.2, 0.25) is 9.04 Å². The minimum Gasteiger partial charge on any atom is -0.483 e. The molecule has 1 aromatic carbocycles. The second-order valence-electron chi connectivity index (χ2n) is 9.43. The summed E-state index contributed by atoms with van der Waals surface area (Å²) in [6.07, 6.45) is 3.86. The van der Waals surface area contributed by atoms with Gasteiger partial charge in [0.1, 0.15) is 11.4 Å². The van der Waals surface area contributed by atoms with Gasteiger partial charge in [-0.1, -0.05) is 20.8 Å². The molecule has 157 valence electrons. The van der Waals surface area contributed by atoms with Crippen molar-refractivity contribution in [2.45, 2.75) is 65.3 Å². The first kappa shape index (κ1) is 22.1. The molecule has 1 aromatic heterocycles. The van der Waals surface area contributed by atoms with Crippen LogP contribution in [-0.2, 0) is 16.4 Å². The number of nitrogens with zero attached hydrogens (tertiary/aromatic N) is 2. The molecule has 1 aliphatic heterocycles. The number of aromatic nitrogens is 1. The lowest BCUT2D eigenvalue weighted by Gasteiger charge is -2.32. The predicted octanol–water partition coefficient (Wildman–Crippen LogP) is 4.85. The van der Waals surface area contributed by atoms with Gasteiger partial charge in [0.25, 0.3) is 5.56 Å². The third kappa shape index (κ3) is 4.58. The highest BCUT2D eigenvalue weighted by Gasteiger charge is 2.29. The molecule has 0 unspecified atom stereocenters. The van der Waals surface area contributed by atoms with Gasteiger partial charge in [0, 0.05) is 17.3 Å². The summed E-state index contributed by atoms with van der Waals surface area (Å²) in [5.74, 6) is 0.662. The molecular formula is C24H29N2O3Si. The summed E-state index contributed by atoms with van der Waals surface area (Å²) in [6.45, 7) is 14.7. The number of fused-ring (bicyclic) bond motifs is 1. The van der Waals surface area contributed by atoms with Crippen molar-refractivity contribution in [2.75, 3.05) is 0 Å². The van der Waals surface area contributed by atoms with Crippen LogP contribution in [0.4, 0.5) is 0 Å². The molecule has 5 nitrogen and oxygen atoms in total. The van der Waals surface area contributed by atoms with E-state index in [0.29, 0.717) is 23.5 Å². The molecule has 0 amide bonds. The van der Waals surface area contributed by atoms with Gasteiger partial charge in [-0.15, -0.1) is 0 Å².